The molecule has 0 heterocycles. The summed E-state index contributed by atoms with van der Waals surface area (Å²) in [6.07, 6.45) is 5.87. The molecule has 1 aliphatic rings. The lowest BCUT2D eigenvalue weighted by atomic mass is 9.83. The lowest BCUT2D eigenvalue weighted by Crippen LogP contribution is -2.47. The van der Waals surface area contributed by atoms with E-state index in [1.165, 1.54) is 19.3 Å². The standard InChI is InChI=1S/C18H20BrNO/c1-18(9-3-2-4-10-18)20-17(21)15-6-5-14-12-16(19)8-7-13(14)11-15/h5-8,11-12H,2-4,9-10H2,1H3,(H,20,21). The third-order valence-electron chi connectivity index (χ3n) is 4.44. The van der Waals surface area contributed by atoms with Crippen LogP contribution >= 0.6 is 15.9 Å². The van der Waals surface area contributed by atoms with E-state index in [0.717, 1.165) is 33.7 Å². The van der Waals surface area contributed by atoms with Crippen molar-refractivity contribution in [3.63, 3.8) is 0 Å². The molecule has 2 aromatic rings. The van der Waals surface area contributed by atoms with E-state index in [2.05, 4.69) is 34.2 Å². The zero-order chi connectivity index (χ0) is 14.9. The summed E-state index contributed by atoms with van der Waals surface area (Å²) in [5, 5.41) is 5.48. The SMILES string of the molecule is CC1(NC(=O)c2ccc3cc(Br)ccc3c2)CCCCC1. The van der Waals surface area contributed by atoms with E-state index >= 15 is 0 Å². The van der Waals surface area contributed by atoms with Crippen LogP contribution in [-0.2, 0) is 0 Å². The highest BCUT2D eigenvalue weighted by atomic mass is 79.9. The fourth-order valence-electron chi connectivity index (χ4n) is 3.16. The topological polar surface area (TPSA) is 29.1 Å². The minimum atomic E-state index is -0.0377. The van der Waals surface area contributed by atoms with Crippen molar-refractivity contribution in [3.05, 3.63) is 46.4 Å². The number of halogens is 1. The summed E-state index contributed by atoms with van der Waals surface area (Å²) in [7, 11) is 0. The Hall–Kier alpha value is -1.35. The summed E-state index contributed by atoms with van der Waals surface area (Å²) < 4.78 is 1.06. The van der Waals surface area contributed by atoms with Crippen LogP contribution in [0.5, 0.6) is 0 Å². The normalized spacial score (nSPS) is 17.6. The van der Waals surface area contributed by atoms with Gasteiger partial charge in [-0.05, 0) is 54.8 Å². The van der Waals surface area contributed by atoms with Gasteiger partial charge in [0.15, 0.2) is 0 Å². The van der Waals surface area contributed by atoms with Crippen molar-refractivity contribution in [2.24, 2.45) is 0 Å². The Morgan fingerprint density at radius 2 is 1.71 bits per heavy atom. The highest BCUT2D eigenvalue weighted by molar-refractivity contribution is 9.10. The van der Waals surface area contributed by atoms with Gasteiger partial charge in [-0.3, -0.25) is 4.79 Å². The number of amides is 1. The van der Waals surface area contributed by atoms with Gasteiger partial charge in [-0.25, -0.2) is 0 Å². The van der Waals surface area contributed by atoms with Crippen molar-refractivity contribution < 1.29 is 4.79 Å². The molecule has 1 saturated carbocycles. The molecule has 21 heavy (non-hydrogen) atoms. The lowest BCUT2D eigenvalue weighted by molar-refractivity contribution is 0.0883. The van der Waals surface area contributed by atoms with Crippen molar-refractivity contribution in [3.8, 4) is 0 Å². The first kappa shape index (κ1) is 14.6. The zero-order valence-electron chi connectivity index (χ0n) is 12.3. The minimum absolute atomic E-state index is 0.0377. The van der Waals surface area contributed by atoms with Gasteiger partial charge >= 0.3 is 0 Å². The fraction of sp³-hybridized carbons (Fsp3) is 0.389. The molecule has 3 heteroatoms. The maximum absolute atomic E-state index is 12.5. The number of fused-ring (bicyclic) bond motifs is 1. The van der Waals surface area contributed by atoms with Crippen LogP contribution in [0, 0.1) is 0 Å². The molecule has 0 radical (unpaired) electrons. The number of rotatable bonds is 2. The summed E-state index contributed by atoms with van der Waals surface area (Å²) in [5.74, 6) is 0.0456. The van der Waals surface area contributed by atoms with Gasteiger partial charge in [0.25, 0.3) is 5.91 Å². The third-order valence-corrected chi connectivity index (χ3v) is 4.93. The van der Waals surface area contributed by atoms with Crippen molar-refractivity contribution in [1.29, 1.82) is 0 Å². The van der Waals surface area contributed by atoms with Crippen LogP contribution in [0.25, 0.3) is 10.8 Å². The van der Waals surface area contributed by atoms with Crippen LogP contribution in [0.1, 0.15) is 49.4 Å². The Bertz CT molecular complexity index is 674. The summed E-state index contributed by atoms with van der Waals surface area (Å²) in [5.41, 5.74) is 0.709. The first-order valence-electron chi connectivity index (χ1n) is 7.58. The van der Waals surface area contributed by atoms with Gasteiger partial charge in [0.2, 0.25) is 0 Å². The van der Waals surface area contributed by atoms with Gasteiger partial charge in [0, 0.05) is 15.6 Å². The average molecular weight is 346 g/mol. The number of hydrogen-bond acceptors (Lipinski definition) is 1. The molecule has 1 amide bonds. The van der Waals surface area contributed by atoms with Gasteiger partial charge in [0.05, 0.1) is 0 Å². The second-order valence-electron chi connectivity index (χ2n) is 6.28. The fourth-order valence-corrected chi connectivity index (χ4v) is 3.54. The molecule has 0 atom stereocenters. The monoisotopic (exact) mass is 345 g/mol. The molecular weight excluding hydrogens is 326 g/mol. The largest absolute Gasteiger partial charge is 0.347 e. The van der Waals surface area contributed by atoms with Crippen LogP contribution in [0.2, 0.25) is 0 Å². The Morgan fingerprint density at radius 1 is 1.05 bits per heavy atom. The predicted octanol–water partition coefficient (Wildman–Crippen LogP) is 5.05. The molecule has 0 unspecified atom stereocenters. The number of nitrogens with one attached hydrogen (secondary N) is 1. The van der Waals surface area contributed by atoms with Crippen molar-refractivity contribution in [2.45, 2.75) is 44.6 Å². The van der Waals surface area contributed by atoms with E-state index in [-0.39, 0.29) is 11.4 Å². The van der Waals surface area contributed by atoms with Crippen LogP contribution in [0.3, 0.4) is 0 Å². The smallest absolute Gasteiger partial charge is 0.251 e. The number of carbonyl (C=O) groups excluding carboxylic acids is 1. The number of hydrogen-bond donors (Lipinski definition) is 1. The second kappa shape index (κ2) is 5.80. The summed E-state index contributed by atoms with van der Waals surface area (Å²) in [6.45, 7) is 2.17. The number of carbonyl (C=O) groups is 1. The molecule has 0 spiro atoms. The van der Waals surface area contributed by atoms with Gasteiger partial charge in [-0.1, -0.05) is 47.3 Å². The van der Waals surface area contributed by atoms with E-state index in [0.29, 0.717) is 0 Å². The van der Waals surface area contributed by atoms with Crippen molar-refractivity contribution >= 4 is 32.6 Å². The maximum Gasteiger partial charge on any atom is 0.251 e. The van der Waals surface area contributed by atoms with Gasteiger partial charge in [-0.15, -0.1) is 0 Å². The lowest BCUT2D eigenvalue weighted by Gasteiger charge is -2.34. The second-order valence-corrected chi connectivity index (χ2v) is 7.20. The summed E-state index contributed by atoms with van der Waals surface area (Å²) >= 11 is 3.47. The Morgan fingerprint density at radius 3 is 2.48 bits per heavy atom. The molecule has 1 aliphatic carbocycles. The van der Waals surface area contributed by atoms with E-state index in [4.69, 9.17) is 0 Å². The Labute approximate surface area is 134 Å². The van der Waals surface area contributed by atoms with E-state index in [1.54, 1.807) is 0 Å². The van der Waals surface area contributed by atoms with E-state index in [1.807, 2.05) is 30.3 Å². The Kier molecular flexibility index (Phi) is 4.03. The molecule has 110 valence electrons. The molecule has 0 aliphatic heterocycles. The zero-order valence-corrected chi connectivity index (χ0v) is 13.9. The molecule has 2 nitrogen and oxygen atoms in total. The molecule has 0 bridgehead atoms. The third kappa shape index (κ3) is 3.29. The van der Waals surface area contributed by atoms with Crippen LogP contribution in [0.4, 0.5) is 0 Å². The highest BCUT2D eigenvalue weighted by Crippen LogP contribution is 2.28. The van der Waals surface area contributed by atoms with Gasteiger partial charge in [0.1, 0.15) is 0 Å². The van der Waals surface area contributed by atoms with Gasteiger partial charge in [-0.2, -0.15) is 0 Å². The van der Waals surface area contributed by atoms with Crippen LogP contribution < -0.4 is 5.32 Å². The van der Waals surface area contributed by atoms with E-state index in [9.17, 15) is 4.79 Å². The molecule has 3 rings (SSSR count). The molecular formula is C18H20BrNO. The molecule has 1 N–H and O–H groups in total. The maximum atomic E-state index is 12.5. The molecule has 0 saturated heterocycles. The first-order chi connectivity index (χ1) is 10.1. The average Bonchev–Trinajstić information content (AvgIpc) is 2.47. The summed E-state index contributed by atoms with van der Waals surface area (Å²) in [6, 6.07) is 12.0. The van der Waals surface area contributed by atoms with E-state index < -0.39 is 0 Å². The predicted molar refractivity (Wildman–Crippen MR) is 90.6 cm³/mol. The minimum Gasteiger partial charge on any atom is -0.347 e. The van der Waals surface area contributed by atoms with Crippen molar-refractivity contribution in [2.75, 3.05) is 0 Å². The van der Waals surface area contributed by atoms with Crippen LogP contribution in [0.15, 0.2) is 40.9 Å². The first-order valence-corrected chi connectivity index (χ1v) is 8.37. The quantitative estimate of drug-likeness (QED) is 0.810. The van der Waals surface area contributed by atoms with Gasteiger partial charge < -0.3 is 5.32 Å². The van der Waals surface area contributed by atoms with Crippen LogP contribution in [-0.4, -0.2) is 11.4 Å². The molecule has 2 aromatic carbocycles. The molecule has 0 aromatic heterocycles. The molecule has 1 fully saturated rings. The summed E-state index contributed by atoms with van der Waals surface area (Å²) in [4.78, 5) is 12.5. The van der Waals surface area contributed by atoms with Crippen molar-refractivity contribution in [1.82, 2.24) is 5.32 Å². The highest BCUT2D eigenvalue weighted by Gasteiger charge is 2.28. The number of benzene rings is 2. The Balaban J connectivity index is 1.82.